The molecule has 2 aromatic carbocycles. The average Bonchev–Trinajstić information content (AvgIpc) is 2.85. The number of nitrogens with one attached hydrogen (secondary N) is 1. The molecule has 34 heavy (non-hydrogen) atoms. The summed E-state index contributed by atoms with van der Waals surface area (Å²) < 4.78 is 19.8. The molecule has 0 unspecified atom stereocenters. The summed E-state index contributed by atoms with van der Waals surface area (Å²) in [5.41, 5.74) is 5.57. The van der Waals surface area contributed by atoms with Gasteiger partial charge in [-0.25, -0.2) is 4.98 Å². The van der Waals surface area contributed by atoms with E-state index in [2.05, 4.69) is 45.9 Å². The summed E-state index contributed by atoms with van der Waals surface area (Å²) in [6, 6.07) is 19.4. The number of aryl methyl sites for hydroxylation is 1. The van der Waals surface area contributed by atoms with Gasteiger partial charge in [0.25, 0.3) is 0 Å². The number of halogens is 1. The van der Waals surface area contributed by atoms with Gasteiger partial charge in [-0.2, -0.15) is 9.49 Å². The van der Waals surface area contributed by atoms with E-state index in [9.17, 15) is 4.79 Å². The SMILES string of the molecule is C=C1c2ccccc2C(c2ccc(NCCCC(=O)OC)nc2F)=NN1Cc1ccc(C)cc1. The molecule has 0 aliphatic carbocycles. The van der Waals surface area contributed by atoms with Crippen LogP contribution in [-0.2, 0) is 16.1 Å². The summed E-state index contributed by atoms with van der Waals surface area (Å²) in [7, 11) is 1.36. The lowest BCUT2D eigenvalue weighted by Crippen LogP contribution is -2.25. The van der Waals surface area contributed by atoms with Crippen LogP contribution in [0.3, 0.4) is 0 Å². The molecule has 4 rings (SSSR count). The highest BCUT2D eigenvalue weighted by Gasteiger charge is 2.25. The summed E-state index contributed by atoms with van der Waals surface area (Å²) >= 11 is 0. The van der Waals surface area contributed by atoms with E-state index in [0.29, 0.717) is 43.0 Å². The number of pyridine rings is 1. The van der Waals surface area contributed by atoms with Crippen LogP contribution in [0, 0.1) is 12.9 Å². The smallest absolute Gasteiger partial charge is 0.305 e. The maximum absolute atomic E-state index is 15.2. The van der Waals surface area contributed by atoms with Crippen molar-refractivity contribution in [3.63, 3.8) is 0 Å². The van der Waals surface area contributed by atoms with Gasteiger partial charge in [0.2, 0.25) is 5.95 Å². The third kappa shape index (κ3) is 5.14. The van der Waals surface area contributed by atoms with Crippen LogP contribution in [0.1, 0.15) is 40.7 Å². The number of carbonyl (C=O) groups excluding carboxylic acids is 1. The van der Waals surface area contributed by atoms with E-state index in [4.69, 9.17) is 5.10 Å². The zero-order valence-corrected chi connectivity index (χ0v) is 19.3. The summed E-state index contributed by atoms with van der Waals surface area (Å²) in [4.78, 5) is 15.3. The lowest BCUT2D eigenvalue weighted by molar-refractivity contribution is -0.140. The molecule has 0 saturated heterocycles. The van der Waals surface area contributed by atoms with Gasteiger partial charge >= 0.3 is 5.97 Å². The third-order valence-corrected chi connectivity index (χ3v) is 5.67. The first-order chi connectivity index (χ1) is 16.5. The molecule has 0 saturated carbocycles. The monoisotopic (exact) mass is 458 g/mol. The molecule has 1 N–H and O–H groups in total. The van der Waals surface area contributed by atoms with E-state index in [1.807, 2.05) is 31.2 Å². The predicted octanol–water partition coefficient (Wildman–Crippen LogP) is 5.13. The second kappa shape index (κ2) is 10.3. The highest BCUT2D eigenvalue weighted by Crippen LogP contribution is 2.31. The van der Waals surface area contributed by atoms with Gasteiger partial charge in [-0.15, -0.1) is 0 Å². The topological polar surface area (TPSA) is 66.8 Å². The molecule has 0 fully saturated rings. The number of hydrazone groups is 1. The Balaban J connectivity index is 1.59. The molecule has 1 aliphatic heterocycles. The molecule has 6 nitrogen and oxygen atoms in total. The second-order valence-electron chi connectivity index (χ2n) is 8.13. The van der Waals surface area contributed by atoms with E-state index in [1.165, 1.54) is 12.7 Å². The van der Waals surface area contributed by atoms with Crippen LogP contribution in [0.25, 0.3) is 5.70 Å². The first kappa shape index (κ1) is 23.2. The number of methoxy groups -OCH3 is 1. The molecular formula is C27H27FN4O2. The molecule has 1 aromatic heterocycles. The average molecular weight is 459 g/mol. The van der Waals surface area contributed by atoms with E-state index in [1.54, 1.807) is 17.1 Å². The fourth-order valence-corrected chi connectivity index (χ4v) is 3.77. The first-order valence-corrected chi connectivity index (χ1v) is 11.1. The molecule has 1 aliphatic rings. The zero-order valence-electron chi connectivity index (χ0n) is 19.3. The van der Waals surface area contributed by atoms with Crippen molar-refractivity contribution in [2.24, 2.45) is 5.10 Å². The lowest BCUT2D eigenvalue weighted by atomic mass is 9.95. The number of rotatable bonds is 8. The van der Waals surface area contributed by atoms with E-state index in [-0.39, 0.29) is 5.97 Å². The predicted molar refractivity (Wildman–Crippen MR) is 132 cm³/mol. The highest BCUT2D eigenvalue weighted by molar-refractivity contribution is 6.16. The number of ether oxygens (including phenoxy) is 1. The van der Waals surface area contributed by atoms with Gasteiger partial charge < -0.3 is 10.1 Å². The first-order valence-electron chi connectivity index (χ1n) is 11.1. The fraction of sp³-hybridized carbons (Fsp3) is 0.222. The molecule has 0 bridgehead atoms. The van der Waals surface area contributed by atoms with Crippen LogP contribution in [0.5, 0.6) is 0 Å². The van der Waals surface area contributed by atoms with E-state index < -0.39 is 5.95 Å². The molecule has 174 valence electrons. The standard InChI is InChI=1S/C27H27FN4O2/c1-18-10-12-20(13-11-18)17-32-19(2)21-7-4-5-8-22(21)26(31-32)23-14-15-24(30-27(23)28)29-16-6-9-25(33)34-3/h4-5,7-8,10-15H,2,6,9,16-17H2,1,3H3,(H,29,30). The number of carbonyl (C=O) groups is 1. The number of benzene rings is 2. The van der Waals surface area contributed by atoms with Gasteiger partial charge in [-0.05, 0) is 31.0 Å². The van der Waals surface area contributed by atoms with Crippen molar-refractivity contribution in [3.05, 3.63) is 101 Å². The van der Waals surface area contributed by atoms with Crippen LogP contribution in [0.15, 0.2) is 72.3 Å². The quantitative estimate of drug-likeness (QED) is 0.288. The minimum Gasteiger partial charge on any atom is -0.469 e. The van der Waals surface area contributed by atoms with Crippen molar-refractivity contribution in [1.29, 1.82) is 0 Å². The Bertz CT molecular complexity index is 1240. The van der Waals surface area contributed by atoms with Crippen molar-refractivity contribution in [2.45, 2.75) is 26.3 Å². The third-order valence-electron chi connectivity index (χ3n) is 5.67. The lowest BCUT2D eigenvalue weighted by Gasteiger charge is -2.29. The fourth-order valence-electron chi connectivity index (χ4n) is 3.77. The molecule has 2 heterocycles. The maximum Gasteiger partial charge on any atom is 0.305 e. The summed E-state index contributed by atoms with van der Waals surface area (Å²) in [5.74, 6) is -0.493. The molecule has 3 aromatic rings. The molecule has 7 heteroatoms. The summed E-state index contributed by atoms with van der Waals surface area (Å²) in [6.45, 7) is 7.29. The van der Waals surface area contributed by atoms with Crippen LogP contribution < -0.4 is 5.32 Å². The number of anilines is 1. The van der Waals surface area contributed by atoms with Gasteiger partial charge in [0.05, 0.1) is 24.9 Å². The number of nitrogens with zero attached hydrogens (tertiary/aromatic N) is 3. The summed E-state index contributed by atoms with van der Waals surface area (Å²) in [5, 5.41) is 9.64. The Morgan fingerprint density at radius 1 is 1.06 bits per heavy atom. The van der Waals surface area contributed by atoms with Crippen LogP contribution in [0.4, 0.5) is 10.2 Å². The number of esters is 1. The van der Waals surface area contributed by atoms with Gasteiger partial charge in [-0.1, -0.05) is 60.7 Å². The van der Waals surface area contributed by atoms with Crippen molar-refractivity contribution >= 4 is 23.2 Å². The van der Waals surface area contributed by atoms with Crippen LogP contribution in [0.2, 0.25) is 0 Å². The van der Waals surface area contributed by atoms with Crippen molar-refractivity contribution < 1.29 is 13.9 Å². The molecule has 0 amide bonds. The van der Waals surface area contributed by atoms with E-state index >= 15 is 4.39 Å². The van der Waals surface area contributed by atoms with Crippen molar-refractivity contribution in [2.75, 3.05) is 19.0 Å². The van der Waals surface area contributed by atoms with E-state index in [0.717, 1.165) is 22.4 Å². The number of aromatic nitrogens is 1. The van der Waals surface area contributed by atoms with Gasteiger partial charge in [0.15, 0.2) is 0 Å². The molecule has 0 atom stereocenters. The van der Waals surface area contributed by atoms with Gasteiger partial charge in [0.1, 0.15) is 11.5 Å². The van der Waals surface area contributed by atoms with Crippen molar-refractivity contribution in [1.82, 2.24) is 9.99 Å². The Kier molecular flexibility index (Phi) is 7.01. The van der Waals surface area contributed by atoms with Crippen LogP contribution in [-0.4, -0.2) is 35.3 Å². The van der Waals surface area contributed by atoms with Crippen LogP contribution >= 0.6 is 0 Å². The normalized spacial score (nSPS) is 12.7. The molecule has 0 spiro atoms. The Hall–Kier alpha value is -4.00. The number of hydrogen-bond donors (Lipinski definition) is 1. The Labute approximate surface area is 198 Å². The van der Waals surface area contributed by atoms with Gasteiger partial charge in [0, 0.05) is 24.1 Å². The molecular weight excluding hydrogens is 431 g/mol. The van der Waals surface area contributed by atoms with Gasteiger partial charge in [-0.3, -0.25) is 9.80 Å². The summed E-state index contributed by atoms with van der Waals surface area (Å²) in [6.07, 6.45) is 0.853. The number of hydrogen-bond acceptors (Lipinski definition) is 6. The largest absolute Gasteiger partial charge is 0.469 e. The maximum atomic E-state index is 15.2. The molecule has 0 radical (unpaired) electrons. The Morgan fingerprint density at radius 2 is 1.79 bits per heavy atom. The highest BCUT2D eigenvalue weighted by atomic mass is 19.1. The zero-order chi connectivity index (χ0) is 24.1. The van der Waals surface area contributed by atoms with Crippen molar-refractivity contribution in [3.8, 4) is 0 Å². The number of fused-ring (bicyclic) bond motifs is 1. The minimum absolute atomic E-state index is 0.276. The Morgan fingerprint density at radius 3 is 2.50 bits per heavy atom. The second-order valence-corrected chi connectivity index (χ2v) is 8.13. The minimum atomic E-state index is -0.616.